The van der Waals surface area contributed by atoms with Gasteiger partial charge in [0.2, 0.25) is 0 Å². The predicted octanol–water partition coefficient (Wildman–Crippen LogP) is 3.46. The third-order valence-corrected chi connectivity index (χ3v) is 2.28. The van der Waals surface area contributed by atoms with E-state index in [2.05, 4.69) is 43.0 Å². The van der Waals surface area contributed by atoms with Crippen molar-refractivity contribution < 1.29 is 0 Å². The molecule has 0 N–H and O–H groups in total. The van der Waals surface area contributed by atoms with Crippen LogP contribution in [0.2, 0.25) is 0 Å². The molecule has 1 aliphatic rings. The zero-order chi connectivity index (χ0) is 9.10. The Morgan fingerprint density at radius 3 is 3.08 bits per heavy atom. The quantitative estimate of drug-likeness (QED) is 0.593. The van der Waals surface area contributed by atoms with Gasteiger partial charge in [-0.25, -0.2) is 0 Å². The van der Waals surface area contributed by atoms with Crippen LogP contribution in [0.25, 0.3) is 12.2 Å². The van der Waals surface area contributed by atoms with E-state index in [-0.39, 0.29) is 0 Å². The summed E-state index contributed by atoms with van der Waals surface area (Å²) < 4.78 is 0. The summed E-state index contributed by atoms with van der Waals surface area (Å²) in [5.74, 6) is 0. The molecule has 0 aliphatic heterocycles. The molecule has 0 bridgehead atoms. The van der Waals surface area contributed by atoms with Crippen molar-refractivity contribution in [3.63, 3.8) is 0 Å². The van der Waals surface area contributed by atoms with Crippen LogP contribution < -0.4 is 0 Å². The molecule has 0 nitrogen and oxygen atoms in total. The van der Waals surface area contributed by atoms with Gasteiger partial charge in [0.25, 0.3) is 0 Å². The highest BCUT2D eigenvalue weighted by Crippen LogP contribution is 2.23. The molecule has 1 aromatic rings. The first-order chi connectivity index (χ1) is 6.42. The predicted molar refractivity (Wildman–Crippen MR) is 58.4 cm³/mol. The Labute approximate surface area is 78.9 Å². The lowest BCUT2D eigenvalue weighted by molar-refractivity contribution is 1.30. The molecule has 0 heteroatoms. The Bertz CT molecular complexity index is 381. The van der Waals surface area contributed by atoms with Gasteiger partial charge in [-0.15, -0.1) is 0 Å². The third kappa shape index (κ3) is 1.48. The molecule has 0 atom stereocenters. The third-order valence-electron chi connectivity index (χ3n) is 2.28. The maximum atomic E-state index is 3.67. The molecule has 0 amide bonds. The highest BCUT2D eigenvalue weighted by Gasteiger charge is 2.06. The molecule has 0 saturated carbocycles. The standard InChI is InChI=1S/C13H12/c1-2-3-6-11-7-4-8-12-9-5-10-13(11)12/h2-9H,1,10H2/b6-3-. The second-order valence-corrected chi connectivity index (χ2v) is 3.12. The summed E-state index contributed by atoms with van der Waals surface area (Å²) >= 11 is 0. The van der Waals surface area contributed by atoms with E-state index in [1.807, 2.05) is 12.2 Å². The van der Waals surface area contributed by atoms with Gasteiger partial charge in [0, 0.05) is 0 Å². The van der Waals surface area contributed by atoms with Gasteiger partial charge < -0.3 is 0 Å². The van der Waals surface area contributed by atoms with Crippen LogP contribution in [-0.2, 0) is 6.42 Å². The fraction of sp³-hybridized carbons (Fsp3) is 0.0769. The van der Waals surface area contributed by atoms with Crippen LogP contribution in [0.15, 0.2) is 43.0 Å². The maximum absolute atomic E-state index is 3.67. The fourth-order valence-electron chi connectivity index (χ4n) is 1.65. The first-order valence-corrected chi connectivity index (χ1v) is 4.49. The van der Waals surface area contributed by atoms with Gasteiger partial charge in [-0.1, -0.05) is 55.2 Å². The Morgan fingerprint density at radius 1 is 1.31 bits per heavy atom. The molecule has 0 heterocycles. The van der Waals surface area contributed by atoms with Crippen molar-refractivity contribution in [2.45, 2.75) is 6.42 Å². The lowest BCUT2D eigenvalue weighted by Crippen LogP contribution is -1.85. The molecule has 0 spiro atoms. The Kier molecular flexibility index (Phi) is 2.13. The van der Waals surface area contributed by atoms with Crippen molar-refractivity contribution in [1.82, 2.24) is 0 Å². The summed E-state index contributed by atoms with van der Waals surface area (Å²) in [6.07, 6.45) is 11.3. The molecule has 13 heavy (non-hydrogen) atoms. The van der Waals surface area contributed by atoms with E-state index in [1.54, 1.807) is 0 Å². The highest BCUT2D eigenvalue weighted by molar-refractivity contribution is 5.68. The number of fused-ring (bicyclic) bond motifs is 1. The number of rotatable bonds is 2. The first kappa shape index (κ1) is 8.06. The summed E-state index contributed by atoms with van der Waals surface area (Å²) in [6.45, 7) is 3.67. The molecule has 1 aliphatic carbocycles. The van der Waals surface area contributed by atoms with Gasteiger partial charge in [-0.2, -0.15) is 0 Å². The minimum absolute atomic E-state index is 1.06. The van der Waals surface area contributed by atoms with Crippen LogP contribution in [0.3, 0.4) is 0 Å². The second-order valence-electron chi connectivity index (χ2n) is 3.12. The van der Waals surface area contributed by atoms with E-state index < -0.39 is 0 Å². The van der Waals surface area contributed by atoms with Gasteiger partial charge in [-0.3, -0.25) is 0 Å². The van der Waals surface area contributed by atoms with Crippen LogP contribution in [0, 0.1) is 0 Å². The van der Waals surface area contributed by atoms with Crippen LogP contribution in [0.4, 0.5) is 0 Å². The van der Waals surface area contributed by atoms with E-state index in [0.29, 0.717) is 0 Å². The highest BCUT2D eigenvalue weighted by atomic mass is 14.1. The summed E-state index contributed by atoms with van der Waals surface area (Å²) in [6, 6.07) is 6.40. The number of hydrogen-bond donors (Lipinski definition) is 0. The Morgan fingerprint density at radius 2 is 2.23 bits per heavy atom. The zero-order valence-electron chi connectivity index (χ0n) is 7.53. The maximum Gasteiger partial charge on any atom is -0.00822 e. The lowest BCUT2D eigenvalue weighted by Gasteiger charge is -2.02. The Balaban J connectivity index is 2.44. The molecule has 0 unspecified atom stereocenters. The number of benzene rings is 1. The van der Waals surface area contributed by atoms with Gasteiger partial charge >= 0.3 is 0 Å². The molecule has 2 rings (SSSR count). The van der Waals surface area contributed by atoms with Crippen molar-refractivity contribution in [2.75, 3.05) is 0 Å². The van der Waals surface area contributed by atoms with Crippen LogP contribution in [0.5, 0.6) is 0 Å². The van der Waals surface area contributed by atoms with Crippen LogP contribution in [-0.4, -0.2) is 0 Å². The van der Waals surface area contributed by atoms with Gasteiger partial charge in [0.15, 0.2) is 0 Å². The minimum Gasteiger partial charge on any atom is -0.0991 e. The number of allylic oxidation sites excluding steroid dienone is 3. The Hall–Kier alpha value is -1.56. The topological polar surface area (TPSA) is 0 Å². The molecular weight excluding hydrogens is 156 g/mol. The van der Waals surface area contributed by atoms with E-state index in [0.717, 1.165) is 6.42 Å². The largest absolute Gasteiger partial charge is 0.0991 e. The normalized spacial score (nSPS) is 13.5. The van der Waals surface area contributed by atoms with Crippen molar-refractivity contribution >= 4 is 12.2 Å². The molecule has 64 valence electrons. The van der Waals surface area contributed by atoms with Crippen LogP contribution >= 0.6 is 0 Å². The summed E-state index contributed by atoms with van der Waals surface area (Å²) in [5, 5.41) is 0. The molecule has 1 aromatic carbocycles. The van der Waals surface area contributed by atoms with E-state index in [9.17, 15) is 0 Å². The SMILES string of the molecule is C=C/C=C\c1cccc2c1CC=C2. The monoisotopic (exact) mass is 168 g/mol. The van der Waals surface area contributed by atoms with Crippen molar-refractivity contribution in [3.8, 4) is 0 Å². The minimum atomic E-state index is 1.06. The van der Waals surface area contributed by atoms with Gasteiger partial charge in [0.1, 0.15) is 0 Å². The van der Waals surface area contributed by atoms with Crippen molar-refractivity contribution in [1.29, 1.82) is 0 Å². The smallest absolute Gasteiger partial charge is 0.00822 e. The summed E-state index contributed by atoms with van der Waals surface area (Å²) in [4.78, 5) is 0. The van der Waals surface area contributed by atoms with E-state index in [1.165, 1.54) is 16.7 Å². The number of hydrogen-bond acceptors (Lipinski definition) is 0. The molecule has 0 fully saturated rings. The fourth-order valence-corrected chi connectivity index (χ4v) is 1.65. The van der Waals surface area contributed by atoms with Crippen LogP contribution in [0.1, 0.15) is 16.7 Å². The molecule has 0 aromatic heterocycles. The second kappa shape index (κ2) is 3.44. The van der Waals surface area contributed by atoms with Gasteiger partial charge in [-0.05, 0) is 23.1 Å². The van der Waals surface area contributed by atoms with Crippen molar-refractivity contribution in [3.05, 3.63) is 59.7 Å². The zero-order valence-corrected chi connectivity index (χ0v) is 7.53. The average molecular weight is 168 g/mol. The van der Waals surface area contributed by atoms with Gasteiger partial charge in [0.05, 0.1) is 0 Å². The molecule has 0 saturated heterocycles. The summed E-state index contributed by atoms with van der Waals surface area (Å²) in [5.41, 5.74) is 4.09. The molecule has 0 radical (unpaired) electrons. The first-order valence-electron chi connectivity index (χ1n) is 4.49. The van der Waals surface area contributed by atoms with E-state index in [4.69, 9.17) is 0 Å². The van der Waals surface area contributed by atoms with E-state index >= 15 is 0 Å². The lowest BCUT2D eigenvalue weighted by atomic mass is 10.0. The summed E-state index contributed by atoms with van der Waals surface area (Å²) in [7, 11) is 0. The average Bonchev–Trinajstić information content (AvgIpc) is 2.62. The van der Waals surface area contributed by atoms with Crippen molar-refractivity contribution in [2.24, 2.45) is 0 Å². The molecular formula is C13H12.